The number of anilines is 2. The van der Waals surface area contributed by atoms with Gasteiger partial charge in [-0.05, 0) is 49.1 Å². The first-order valence-electron chi connectivity index (χ1n) is 12.4. The highest BCUT2D eigenvalue weighted by atomic mass is 16.3. The summed E-state index contributed by atoms with van der Waals surface area (Å²) in [4.78, 5) is 5.01. The van der Waals surface area contributed by atoms with Gasteiger partial charge in [0.2, 0.25) is 0 Å². The lowest BCUT2D eigenvalue weighted by Gasteiger charge is -2.36. The molecule has 174 valence electrons. The average molecular weight is 459 g/mol. The van der Waals surface area contributed by atoms with Crippen molar-refractivity contribution >= 4 is 33.3 Å². The second-order valence-corrected chi connectivity index (χ2v) is 9.69. The van der Waals surface area contributed by atoms with Gasteiger partial charge in [0, 0.05) is 27.9 Å². The average Bonchev–Trinajstić information content (AvgIpc) is 3.40. The van der Waals surface area contributed by atoms with Crippen molar-refractivity contribution in [1.29, 1.82) is 0 Å². The van der Waals surface area contributed by atoms with Crippen LogP contribution in [0.5, 0.6) is 0 Å². The van der Waals surface area contributed by atoms with Crippen LogP contribution in [0.15, 0.2) is 113 Å². The fraction of sp³-hybridized carbons (Fsp3) is 0.188. The van der Waals surface area contributed by atoms with Crippen LogP contribution < -0.4 is 9.80 Å². The molecule has 3 heteroatoms. The fourth-order valence-corrected chi connectivity index (χ4v) is 5.68. The Balaban J connectivity index is 1.67. The molecule has 0 radical (unpaired) electrons. The van der Waals surface area contributed by atoms with E-state index in [0.29, 0.717) is 5.92 Å². The van der Waals surface area contributed by atoms with E-state index in [4.69, 9.17) is 4.42 Å². The molecule has 0 fully saturated rings. The second-order valence-electron chi connectivity index (χ2n) is 9.69. The summed E-state index contributed by atoms with van der Waals surface area (Å²) in [5.41, 5.74) is 9.25. The van der Waals surface area contributed by atoms with E-state index in [1.54, 1.807) is 0 Å². The van der Waals surface area contributed by atoms with E-state index < -0.39 is 0 Å². The van der Waals surface area contributed by atoms with Gasteiger partial charge in [-0.25, -0.2) is 0 Å². The van der Waals surface area contributed by atoms with Crippen LogP contribution in [0.2, 0.25) is 0 Å². The lowest BCUT2D eigenvalue weighted by Crippen LogP contribution is -2.34. The van der Waals surface area contributed by atoms with Gasteiger partial charge in [0.25, 0.3) is 0 Å². The van der Waals surface area contributed by atoms with Crippen LogP contribution in [0.4, 0.5) is 11.4 Å². The zero-order chi connectivity index (χ0) is 24.1. The van der Waals surface area contributed by atoms with E-state index in [1.165, 1.54) is 28.2 Å². The Bertz CT molecular complexity index is 1550. The first-order chi connectivity index (χ1) is 17.1. The van der Waals surface area contributed by atoms with Gasteiger partial charge in [-0.2, -0.15) is 0 Å². The van der Waals surface area contributed by atoms with Crippen molar-refractivity contribution in [2.45, 2.75) is 33.9 Å². The molecule has 1 unspecified atom stereocenters. The van der Waals surface area contributed by atoms with Gasteiger partial charge in [0.1, 0.15) is 11.7 Å². The third kappa shape index (κ3) is 3.34. The van der Waals surface area contributed by atoms with Crippen LogP contribution in [-0.2, 0) is 0 Å². The molecule has 0 aliphatic carbocycles. The molecule has 2 heterocycles. The van der Waals surface area contributed by atoms with E-state index in [-0.39, 0.29) is 6.17 Å². The maximum atomic E-state index is 6.56. The molecule has 3 nitrogen and oxygen atoms in total. The molecular formula is C32H30N2O. The fourth-order valence-electron chi connectivity index (χ4n) is 5.68. The van der Waals surface area contributed by atoms with Crippen molar-refractivity contribution in [2.24, 2.45) is 5.92 Å². The summed E-state index contributed by atoms with van der Waals surface area (Å²) in [5.74, 6) is 0.349. The van der Waals surface area contributed by atoms with Crippen molar-refractivity contribution in [3.8, 4) is 0 Å². The smallest absolute Gasteiger partial charge is 0.159 e. The van der Waals surface area contributed by atoms with E-state index in [1.807, 2.05) is 6.07 Å². The molecule has 6 rings (SSSR count). The first kappa shape index (κ1) is 21.5. The molecule has 1 atom stereocenters. The molecule has 0 bridgehead atoms. The highest BCUT2D eigenvalue weighted by Gasteiger charge is 2.41. The summed E-state index contributed by atoms with van der Waals surface area (Å²) in [6.07, 6.45) is -0.0199. The zero-order valence-corrected chi connectivity index (χ0v) is 20.7. The largest absolute Gasteiger partial charge is 0.454 e. The van der Waals surface area contributed by atoms with E-state index in [9.17, 15) is 0 Å². The Hall–Kier alpha value is -3.98. The van der Waals surface area contributed by atoms with Crippen LogP contribution in [-0.4, -0.2) is 0 Å². The van der Waals surface area contributed by atoms with Crippen LogP contribution in [0.25, 0.3) is 21.9 Å². The molecule has 0 spiro atoms. The predicted octanol–water partition coefficient (Wildman–Crippen LogP) is 8.81. The lowest BCUT2D eigenvalue weighted by atomic mass is 10.0. The summed E-state index contributed by atoms with van der Waals surface area (Å²) in [6.45, 7) is 9.02. The molecule has 4 aromatic carbocycles. The van der Waals surface area contributed by atoms with Gasteiger partial charge in [0.05, 0.1) is 5.69 Å². The molecular weight excluding hydrogens is 428 g/mol. The predicted molar refractivity (Wildman–Crippen MR) is 147 cm³/mol. The number of allylic oxidation sites excluding steroid dienone is 2. The Morgan fingerprint density at radius 2 is 1.34 bits per heavy atom. The van der Waals surface area contributed by atoms with Gasteiger partial charge in [-0.3, -0.25) is 0 Å². The number of aryl methyl sites for hydroxylation is 1. The molecule has 1 aliphatic rings. The van der Waals surface area contributed by atoms with Crippen molar-refractivity contribution in [1.82, 2.24) is 0 Å². The van der Waals surface area contributed by atoms with Crippen LogP contribution in [0, 0.1) is 12.8 Å². The monoisotopic (exact) mass is 458 g/mol. The SMILES string of the molecule is CC1=C(C(C)C)N(c2ccccc2)C(c2ccccc2)N1c1c(C)ccc2c1oc1ccccc12. The standard InChI is InChI=1S/C32H30N2O/c1-21(2)29-23(4)33(30-22(3)19-20-27-26-17-11-12-18-28(26)35-31(27)30)32(24-13-7-5-8-14-24)34(29)25-15-9-6-10-16-25/h5-21,32H,1-4H3. The quantitative estimate of drug-likeness (QED) is 0.268. The van der Waals surface area contributed by atoms with E-state index >= 15 is 0 Å². The normalized spacial score (nSPS) is 16.3. The Labute approximate surface area is 206 Å². The Morgan fingerprint density at radius 1 is 0.686 bits per heavy atom. The summed E-state index contributed by atoms with van der Waals surface area (Å²) in [5, 5.41) is 2.31. The summed E-state index contributed by atoms with van der Waals surface area (Å²) in [7, 11) is 0. The number of furan rings is 1. The topological polar surface area (TPSA) is 19.6 Å². The van der Waals surface area contributed by atoms with Crippen molar-refractivity contribution in [2.75, 3.05) is 9.80 Å². The van der Waals surface area contributed by atoms with Crippen LogP contribution in [0.3, 0.4) is 0 Å². The van der Waals surface area contributed by atoms with Crippen molar-refractivity contribution in [3.05, 3.63) is 120 Å². The molecule has 1 aliphatic heterocycles. The number of rotatable bonds is 4. The number of nitrogens with zero attached hydrogens (tertiary/aromatic N) is 2. The van der Waals surface area contributed by atoms with Crippen molar-refractivity contribution < 1.29 is 4.42 Å². The second kappa shape index (κ2) is 8.35. The Morgan fingerprint density at radius 3 is 2.06 bits per heavy atom. The van der Waals surface area contributed by atoms with Gasteiger partial charge in [-0.1, -0.05) is 92.7 Å². The van der Waals surface area contributed by atoms with Crippen molar-refractivity contribution in [3.63, 3.8) is 0 Å². The highest BCUT2D eigenvalue weighted by Crippen LogP contribution is 2.50. The molecule has 1 aromatic heterocycles. The molecule has 35 heavy (non-hydrogen) atoms. The number of benzene rings is 4. The van der Waals surface area contributed by atoms with E-state index in [0.717, 1.165) is 27.6 Å². The number of para-hydroxylation sites is 2. The number of hydrogen-bond donors (Lipinski definition) is 0. The maximum Gasteiger partial charge on any atom is 0.159 e. The van der Waals surface area contributed by atoms with Crippen LogP contribution in [0.1, 0.15) is 38.1 Å². The lowest BCUT2D eigenvalue weighted by molar-refractivity contribution is 0.648. The maximum absolute atomic E-state index is 6.56. The van der Waals surface area contributed by atoms with Gasteiger partial charge >= 0.3 is 0 Å². The summed E-state index contributed by atoms with van der Waals surface area (Å²) < 4.78 is 6.56. The van der Waals surface area contributed by atoms with Gasteiger partial charge < -0.3 is 14.2 Å². The highest BCUT2D eigenvalue weighted by molar-refractivity contribution is 6.10. The summed E-state index contributed by atoms with van der Waals surface area (Å²) in [6, 6.07) is 34.3. The number of hydrogen-bond acceptors (Lipinski definition) is 3. The summed E-state index contributed by atoms with van der Waals surface area (Å²) >= 11 is 0. The minimum absolute atomic E-state index is 0.0199. The molecule has 0 amide bonds. The first-order valence-corrected chi connectivity index (χ1v) is 12.4. The van der Waals surface area contributed by atoms with Crippen LogP contribution >= 0.6 is 0 Å². The van der Waals surface area contributed by atoms with Gasteiger partial charge in [0.15, 0.2) is 5.58 Å². The minimum atomic E-state index is -0.0199. The third-order valence-electron chi connectivity index (χ3n) is 7.12. The number of fused-ring (bicyclic) bond motifs is 3. The molecule has 0 N–H and O–H groups in total. The Kier molecular flexibility index (Phi) is 5.14. The van der Waals surface area contributed by atoms with E-state index in [2.05, 4.69) is 128 Å². The minimum Gasteiger partial charge on any atom is -0.454 e. The molecule has 0 saturated carbocycles. The molecule has 5 aromatic rings. The van der Waals surface area contributed by atoms with Gasteiger partial charge in [-0.15, -0.1) is 0 Å². The molecule has 0 saturated heterocycles. The third-order valence-corrected chi connectivity index (χ3v) is 7.12. The zero-order valence-electron chi connectivity index (χ0n) is 20.7.